The van der Waals surface area contributed by atoms with E-state index >= 15 is 0 Å². The topological polar surface area (TPSA) is 118 Å². The molecule has 7 heteroatoms. The molecule has 134 valence electrons. The highest BCUT2D eigenvalue weighted by molar-refractivity contribution is 5.81. The van der Waals surface area contributed by atoms with Gasteiger partial charge in [0.25, 0.3) is 0 Å². The van der Waals surface area contributed by atoms with Gasteiger partial charge in [0.2, 0.25) is 0 Å². The molecule has 0 aliphatic carbocycles. The first kappa shape index (κ1) is 17.2. The first-order chi connectivity index (χ1) is 12.4. The largest absolute Gasteiger partial charge is 0.504 e. The fraction of sp³-hybridized carbons (Fsp3) is 0.105. The Kier molecular flexibility index (Phi) is 4.45. The van der Waals surface area contributed by atoms with Crippen LogP contribution in [0.1, 0.15) is 0 Å². The summed E-state index contributed by atoms with van der Waals surface area (Å²) in [6, 6.07) is 16.5. The minimum Gasteiger partial charge on any atom is -0.504 e. The number of nitrogen functional groups attached to an aromatic ring is 3. The van der Waals surface area contributed by atoms with Gasteiger partial charge in [0.1, 0.15) is 0 Å². The van der Waals surface area contributed by atoms with Crippen molar-refractivity contribution < 1.29 is 5.11 Å². The van der Waals surface area contributed by atoms with E-state index in [1.807, 2.05) is 72.4 Å². The van der Waals surface area contributed by atoms with Gasteiger partial charge in [-0.3, -0.25) is 0 Å². The predicted octanol–water partition coefficient (Wildman–Crippen LogP) is 3.07. The van der Waals surface area contributed by atoms with E-state index in [4.69, 9.17) is 17.2 Å². The van der Waals surface area contributed by atoms with Gasteiger partial charge in [-0.25, -0.2) is 4.98 Å². The van der Waals surface area contributed by atoms with Gasteiger partial charge in [0.05, 0.1) is 5.69 Å². The monoisotopic (exact) mass is 350 g/mol. The second kappa shape index (κ2) is 6.72. The third kappa shape index (κ3) is 3.27. The van der Waals surface area contributed by atoms with Gasteiger partial charge >= 0.3 is 0 Å². The highest BCUT2D eigenvalue weighted by Gasteiger charge is 2.18. The molecule has 0 atom stereocenters. The van der Waals surface area contributed by atoms with Crippen molar-refractivity contribution in [3.8, 4) is 5.75 Å². The molecule has 3 aromatic rings. The van der Waals surface area contributed by atoms with Crippen LogP contribution >= 0.6 is 0 Å². The molecule has 2 aromatic carbocycles. The van der Waals surface area contributed by atoms with Gasteiger partial charge in [-0.15, -0.1) is 0 Å². The molecule has 0 saturated heterocycles. The lowest BCUT2D eigenvalue weighted by Gasteiger charge is -2.27. The van der Waals surface area contributed by atoms with Gasteiger partial charge in [0.15, 0.2) is 17.4 Å². The van der Waals surface area contributed by atoms with Crippen LogP contribution in [0.15, 0.2) is 54.6 Å². The second-order valence-electron chi connectivity index (χ2n) is 6.04. The number of pyridine rings is 1. The van der Waals surface area contributed by atoms with E-state index in [2.05, 4.69) is 4.98 Å². The van der Waals surface area contributed by atoms with E-state index < -0.39 is 0 Å². The zero-order chi connectivity index (χ0) is 18.8. The van der Waals surface area contributed by atoms with Crippen LogP contribution in [0, 0.1) is 0 Å². The van der Waals surface area contributed by atoms with Crippen LogP contribution in [0.3, 0.4) is 0 Å². The van der Waals surface area contributed by atoms with Crippen molar-refractivity contribution >= 4 is 40.1 Å². The van der Waals surface area contributed by atoms with Crippen molar-refractivity contribution in [2.45, 2.75) is 0 Å². The fourth-order valence-corrected chi connectivity index (χ4v) is 2.65. The van der Waals surface area contributed by atoms with Gasteiger partial charge in [-0.2, -0.15) is 0 Å². The molecule has 0 saturated carbocycles. The zero-order valence-corrected chi connectivity index (χ0v) is 14.7. The fourth-order valence-electron chi connectivity index (χ4n) is 2.65. The Morgan fingerprint density at radius 3 is 1.73 bits per heavy atom. The highest BCUT2D eigenvalue weighted by atomic mass is 16.3. The van der Waals surface area contributed by atoms with Crippen molar-refractivity contribution in [3.05, 3.63) is 54.6 Å². The molecule has 0 aliphatic rings. The molecule has 7 nitrogen and oxygen atoms in total. The standard InChI is InChI=1S/C19H22N6O/c1-24(14-7-3-12(20)4-8-14)16-11-17(26)18(22)23-19(16)25(2)15-9-5-13(21)6-10-15/h3-11,26H,20-21H2,1-2H3,(H2,22,23). The molecule has 0 radical (unpaired) electrons. The summed E-state index contributed by atoms with van der Waals surface area (Å²) in [5, 5.41) is 10.1. The number of anilines is 7. The molecule has 0 amide bonds. The maximum atomic E-state index is 10.1. The lowest BCUT2D eigenvalue weighted by atomic mass is 10.2. The summed E-state index contributed by atoms with van der Waals surface area (Å²) in [5.41, 5.74) is 21.2. The van der Waals surface area contributed by atoms with E-state index in [1.54, 1.807) is 6.07 Å². The van der Waals surface area contributed by atoms with Crippen LogP contribution in [-0.4, -0.2) is 24.2 Å². The van der Waals surface area contributed by atoms with Crippen LogP contribution < -0.4 is 27.0 Å². The number of aromatic hydroxyl groups is 1. The SMILES string of the molecule is CN(c1ccc(N)cc1)c1cc(O)c(N)nc1N(C)c1ccc(N)cc1. The zero-order valence-electron chi connectivity index (χ0n) is 14.7. The Hall–Kier alpha value is -3.61. The Balaban J connectivity index is 2.08. The number of aromatic nitrogens is 1. The van der Waals surface area contributed by atoms with Crippen molar-refractivity contribution in [1.82, 2.24) is 4.98 Å². The third-order valence-electron chi connectivity index (χ3n) is 4.23. The Labute approximate surface area is 152 Å². The molecule has 0 spiro atoms. The van der Waals surface area contributed by atoms with Gasteiger partial charge < -0.3 is 32.1 Å². The lowest BCUT2D eigenvalue weighted by Crippen LogP contribution is -2.18. The van der Waals surface area contributed by atoms with Crippen molar-refractivity contribution in [2.24, 2.45) is 0 Å². The highest BCUT2D eigenvalue weighted by Crippen LogP contribution is 2.39. The maximum Gasteiger partial charge on any atom is 0.168 e. The molecule has 0 aliphatic heterocycles. The number of nitrogens with two attached hydrogens (primary N) is 3. The summed E-state index contributed by atoms with van der Waals surface area (Å²) < 4.78 is 0. The lowest BCUT2D eigenvalue weighted by molar-refractivity contribution is 0.476. The first-order valence-electron chi connectivity index (χ1n) is 8.05. The van der Waals surface area contributed by atoms with Crippen molar-refractivity contribution in [1.29, 1.82) is 0 Å². The smallest absolute Gasteiger partial charge is 0.168 e. The summed E-state index contributed by atoms with van der Waals surface area (Å²) in [6.07, 6.45) is 0. The summed E-state index contributed by atoms with van der Waals surface area (Å²) in [6.45, 7) is 0. The number of nitrogens with zero attached hydrogens (tertiary/aromatic N) is 3. The molecule has 3 rings (SSSR count). The minimum atomic E-state index is -0.0725. The van der Waals surface area contributed by atoms with E-state index in [0.717, 1.165) is 11.4 Å². The van der Waals surface area contributed by atoms with Crippen LogP contribution in [0.25, 0.3) is 0 Å². The molecule has 0 unspecified atom stereocenters. The number of benzene rings is 2. The van der Waals surface area contributed by atoms with E-state index in [-0.39, 0.29) is 11.6 Å². The summed E-state index contributed by atoms with van der Waals surface area (Å²) in [5.74, 6) is 0.595. The van der Waals surface area contributed by atoms with E-state index in [1.165, 1.54) is 0 Å². The van der Waals surface area contributed by atoms with Gasteiger partial charge in [0, 0.05) is 42.9 Å². The molecule has 1 heterocycles. The first-order valence-corrected chi connectivity index (χ1v) is 8.05. The van der Waals surface area contributed by atoms with Crippen LogP contribution in [-0.2, 0) is 0 Å². The Bertz CT molecular complexity index is 832. The molecule has 1 aromatic heterocycles. The molecule has 7 N–H and O–H groups in total. The van der Waals surface area contributed by atoms with Crippen molar-refractivity contribution in [3.63, 3.8) is 0 Å². The Morgan fingerprint density at radius 1 is 0.769 bits per heavy atom. The van der Waals surface area contributed by atoms with Crippen LogP contribution in [0.5, 0.6) is 5.75 Å². The summed E-state index contributed by atoms with van der Waals surface area (Å²) in [7, 11) is 3.77. The van der Waals surface area contributed by atoms with Crippen LogP contribution in [0.2, 0.25) is 0 Å². The molecular weight excluding hydrogens is 328 g/mol. The molecule has 0 fully saturated rings. The van der Waals surface area contributed by atoms with Crippen molar-refractivity contribution in [2.75, 3.05) is 41.1 Å². The number of rotatable bonds is 4. The third-order valence-corrected chi connectivity index (χ3v) is 4.23. The Morgan fingerprint density at radius 2 is 1.23 bits per heavy atom. The second-order valence-corrected chi connectivity index (χ2v) is 6.04. The van der Waals surface area contributed by atoms with Gasteiger partial charge in [-0.1, -0.05) is 0 Å². The number of hydrogen-bond donors (Lipinski definition) is 4. The quantitative estimate of drug-likeness (QED) is 0.534. The normalized spacial score (nSPS) is 10.5. The van der Waals surface area contributed by atoms with Gasteiger partial charge in [-0.05, 0) is 48.5 Å². The molecule has 0 bridgehead atoms. The van der Waals surface area contributed by atoms with E-state index in [9.17, 15) is 5.11 Å². The predicted molar refractivity (Wildman–Crippen MR) is 108 cm³/mol. The average molecular weight is 350 g/mol. The maximum absolute atomic E-state index is 10.1. The number of hydrogen-bond acceptors (Lipinski definition) is 7. The summed E-state index contributed by atoms with van der Waals surface area (Å²) >= 11 is 0. The van der Waals surface area contributed by atoms with E-state index in [0.29, 0.717) is 22.9 Å². The average Bonchev–Trinajstić information content (AvgIpc) is 2.63. The summed E-state index contributed by atoms with van der Waals surface area (Å²) in [4.78, 5) is 8.19. The van der Waals surface area contributed by atoms with Crippen LogP contribution in [0.4, 0.5) is 40.1 Å². The molecular formula is C19H22N6O. The molecule has 26 heavy (non-hydrogen) atoms. The minimum absolute atomic E-state index is 0.0664.